The fourth-order valence-corrected chi connectivity index (χ4v) is 2.50. The van der Waals surface area contributed by atoms with Crippen molar-refractivity contribution < 1.29 is 9.13 Å². The maximum Gasteiger partial charge on any atom is 0.127 e. The molecule has 2 nitrogen and oxygen atoms in total. The Hall–Kier alpha value is -0.200. The number of hydrogen-bond acceptors (Lipinski definition) is 2. The van der Waals surface area contributed by atoms with E-state index in [-0.39, 0.29) is 11.9 Å². The minimum atomic E-state index is -0.112. The molecule has 1 saturated heterocycles. The van der Waals surface area contributed by atoms with Crippen LogP contribution in [0.5, 0.6) is 0 Å². The number of morpholine rings is 1. The zero-order chi connectivity index (χ0) is 11.5. The van der Waals surface area contributed by atoms with Crippen LogP contribution in [0.1, 0.15) is 12.5 Å². The maximum atomic E-state index is 13.6. The van der Waals surface area contributed by atoms with Gasteiger partial charge in [-0.3, -0.25) is 4.90 Å². The molecule has 0 aliphatic carbocycles. The third-order valence-electron chi connectivity index (χ3n) is 2.73. The Morgan fingerprint density at radius 1 is 1.56 bits per heavy atom. The summed E-state index contributed by atoms with van der Waals surface area (Å²) in [6.45, 7) is 5.24. The Balaban J connectivity index is 2.05. The van der Waals surface area contributed by atoms with Crippen molar-refractivity contribution in [3.63, 3.8) is 0 Å². The molecule has 0 unspecified atom stereocenters. The number of halogens is 2. The Labute approximate surface area is 109 Å². The quantitative estimate of drug-likeness (QED) is 0.771. The van der Waals surface area contributed by atoms with E-state index >= 15 is 0 Å². The molecule has 0 spiro atoms. The molecule has 1 aliphatic heterocycles. The summed E-state index contributed by atoms with van der Waals surface area (Å²) in [5.74, 6) is -0.112. The van der Waals surface area contributed by atoms with Crippen LogP contribution in [-0.2, 0) is 11.3 Å². The van der Waals surface area contributed by atoms with Gasteiger partial charge in [0.15, 0.2) is 0 Å². The largest absolute Gasteiger partial charge is 0.376 e. The topological polar surface area (TPSA) is 12.5 Å². The Morgan fingerprint density at radius 2 is 2.38 bits per heavy atom. The van der Waals surface area contributed by atoms with E-state index in [4.69, 9.17) is 4.74 Å². The second-order valence-electron chi connectivity index (χ2n) is 4.15. The number of nitrogens with zero attached hydrogens (tertiary/aromatic N) is 1. The predicted molar refractivity (Wildman–Crippen MR) is 69.8 cm³/mol. The van der Waals surface area contributed by atoms with Crippen LogP contribution >= 0.6 is 22.6 Å². The van der Waals surface area contributed by atoms with E-state index in [1.165, 1.54) is 0 Å². The van der Waals surface area contributed by atoms with Crippen LogP contribution in [0.15, 0.2) is 18.2 Å². The van der Waals surface area contributed by atoms with Crippen molar-refractivity contribution in [2.45, 2.75) is 19.6 Å². The number of hydrogen-bond donors (Lipinski definition) is 0. The van der Waals surface area contributed by atoms with Crippen molar-refractivity contribution in [3.8, 4) is 0 Å². The molecule has 2 rings (SSSR count). The molecule has 0 bridgehead atoms. The molecule has 16 heavy (non-hydrogen) atoms. The van der Waals surface area contributed by atoms with Crippen LogP contribution in [0.4, 0.5) is 4.39 Å². The van der Waals surface area contributed by atoms with Crippen molar-refractivity contribution in [3.05, 3.63) is 33.1 Å². The van der Waals surface area contributed by atoms with E-state index < -0.39 is 0 Å². The zero-order valence-corrected chi connectivity index (χ0v) is 11.4. The van der Waals surface area contributed by atoms with Gasteiger partial charge in [-0.05, 0) is 47.7 Å². The molecular formula is C12H15FINO. The van der Waals surface area contributed by atoms with Crippen molar-refractivity contribution in [1.29, 1.82) is 0 Å². The fourth-order valence-electron chi connectivity index (χ4n) is 1.94. The molecule has 1 aromatic carbocycles. The Kier molecular flexibility index (Phi) is 4.16. The molecule has 0 amide bonds. The summed E-state index contributed by atoms with van der Waals surface area (Å²) < 4.78 is 20.1. The van der Waals surface area contributed by atoms with Gasteiger partial charge in [-0.15, -0.1) is 0 Å². The third kappa shape index (κ3) is 3.15. The molecule has 1 aliphatic rings. The minimum absolute atomic E-state index is 0.112. The lowest BCUT2D eigenvalue weighted by molar-refractivity contribution is -0.0215. The van der Waals surface area contributed by atoms with E-state index in [9.17, 15) is 4.39 Å². The van der Waals surface area contributed by atoms with Crippen molar-refractivity contribution in [1.82, 2.24) is 4.90 Å². The van der Waals surface area contributed by atoms with Gasteiger partial charge in [0.25, 0.3) is 0 Å². The van der Waals surface area contributed by atoms with Crippen molar-refractivity contribution in [2.24, 2.45) is 0 Å². The molecule has 0 N–H and O–H groups in total. The summed E-state index contributed by atoms with van der Waals surface area (Å²) in [4.78, 5) is 2.24. The monoisotopic (exact) mass is 335 g/mol. The van der Waals surface area contributed by atoms with Gasteiger partial charge in [0, 0.05) is 28.8 Å². The second kappa shape index (κ2) is 5.42. The lowest BCUT2D eigenvalue weighted by atomic mass is 10.2. The fraction of sp³-hybridized carbons (Fsp3) is 0.500. The van der Waals surface area contributed by atoms with Crippen LogP contribution < -0.4 is 0 Å². The summed E-state index contributed by atoms with van der Waals surface area (Å²) >= 11 is 2.21. The van der Waals surface area contributed by atoms with Crippen LogP contribution in [0.3, 0.4) is 0 Å². The SMILES string of the molecule is C[C@H]1CN(Cc2cc(I)ccc2F)CCO1. The molecule has 0 radical (unpaired) electrons. The first kappa shape index (κ1) is 12.3. The third-order valence-corrected chi connectivity index (χ3v) is 3.40. The molecule has 1 fully saturated rings. The highest BCUT2D eigenvalue weighted by Crippen LogP contribution is 2.16. The first-order valence-corrected chi connectivity index (χ1v) is 6.51. The van der Waals surface area contributed by atoms with Gasteiger partial charge in [-0.2, -0.15) is 0 Å². The van der Waals surface area contributed by atoms with Gasteiger partial charge in [-0.1, -0.05) is 0 Å². The summed E-state index contributed by atoms with van der Waals surface area (Å²) in [6.07, 6.45) is 0.250. The Bertz CT molecular complexity index is 372. The normalized spacial score (nSPS) is 22.3. The first-order chi connectivity index (χ1) is 7.65. The maximum absolute atomic E-state index is 13.6. The van der Waals surface area contributed by atoms with Gasteiger partial charge in [0.2, 0.25) is 0 Å². The van der Waals surface area contributed by atoms with E-state index in [2.05, 4.69) is 34.4 Å². The number of benzene rings is 1. The highest BCUT2D eigenvalue weighted by atomic mass is 127. The first-order valence-electron chi connectivity index (χ1n) is 5.43. The van der Waals surface area contributed by atoms with E-state index in [0.29, 0.717) is 6.54 Å². The van der Waals surface area contributed by atoms with E-state index in [1.807, 2.05) is 6.07 Å². The lowest BCUT2D eigenvalue weighted by Crippen LogP contribution is -2.40. The van der Waals surface area contributed by atoms with Crippen LogP contribution in [0, 0.1) is 9.39 Å². The minimum Gasteiger partial charge on any atom is -0.376 e. The molecule has 88 valence electrons. The second-order valence-corrected chi connectivity index (χ2v) is 5.40. The predicted octanol–water partition coefficient (Wildman–Crippen LogP) is 2.65. The zero-order valence-electron chi connectivity index (χ0n) is 9.25. The molecule has 1 heterocycles. The van der Waals surface area contributed by atoms with Gasteiger partial charge in [-0.25, -0.2) is 4.39 Å². The highest BCUT2D eigenvalue weighted by molar-refractivity contribution is 14.1. The standard InChI is InChI=1S/C12H15FINO/c1-9-7-15(4-5-16-9)8-10-6-11(14)2-3-12(10)13/h2-3,6,9H,4-5,7-8H2,1H3/t9-/m0/s1. The summed E-state index contributed by atoms with van der Waals surface area (Å²) in [6, 6.07) is 5.25. The summed E-state index contributed by atoms with van der Waals surface area (Å²) in [5.41, 5.74) is 0.779. The number of rotatable bonds is 2. The number of ether oxygens (including phenoxy) is 1. The average Bonchev–Trinajstić information content (AvgIpc) is 2.24. The summed E-state index contributed by atoms with van der Waals surface area (Å²) in [7, 11) is 0. The van der Waals surface area contributed by atoms with Gasteiger partial charge in [0.05, 0.1) is 12.7 Å². The molecule has 1 aromatic rings. The van der Waals surface area contributed by atoms with Gasteiger partial charge >= 0.3 is 0 Å². The Morgan fingerprint density at radius 3 is 3.12 bits per heavy atom. The molecule has 0 saturated carbocycles. The van der Waals surface area contributed by atoms with Crippen molar-refractivity contribution in [2.75, 3.05) is 19.7 Å². The van der Waals surface area contributed by atoms with Crippen LogP contribution in [0.25, 0.3) is 0 Å². The average molecular weight is 335 g/mol. The van der Waals surface area contributed by atoms with Crippen LogP contribution in [-0.4, -0.2) is 30.7 Å². The van der Waals surface area contributed by atoms with E-state index in [1.54, 1.807) is 12.1 Å². The summed E-state index contributed by atoms with van der Waals surface area (Å²) in [5, 5.41) is 0. The van der Waals surface area contributed by atoms with Gasteiger partial charge in [0.1, 0.15) is 5.82 Å². The molecule has 0 aromatic heterocycles. The molecule has 1 atom stereocenters. The molecule has 4 heteroatoms. The highest BCUT2D eigenvalue weighted by Gasteiger charge is 2.17. The lowest BCUT2D eigenvalue weighted by Gasteiger charge is -2.31. The van der Waals surface area contributed by atoms with Gasteiger partial charge < -0.3 is 4.74 Å². The molecular weight excluding hydrogens is 320 g/mol. The van der Waals surface area contributed by atoms with E-state index in [0.717, 1.165) is 28.8 Å². The van der Waals surface area contributed by atoms with Crippen molar-refractivity contribution >= 4 is 22.6 Å². The van der Waals surface area contributed by atoms with Crippen LogP contribution in [0.2, 0.25) is 0 Å². The smallest absolute Gasteiger partial charge is 0.127 e.